The van der Waals surface area contributed by atoms with Crippen molar-refractivity contribution in [2.45, 2.75) is 6.61 Å². The quantitative estimate of drug-likeness (QED) is 0.462. The van der Waals surface area contributed by atoms with Crippen molar-refractivity contribution in [3.8, 4) is 5.88 Å². The largest absolute Gasteiger partial charge is 0.472 e. The number of halogens is 1. The minimum Gasteiger partial charge on any atom is -0.472 e. The standard InChI is InChI=1S/C18H14BrN3O3/c19-17-10-15(21-14-6-8-16(9-7-14)22(23)24)11-20-18(17)25-12-13-4-2-1-3-5-13/h1-11,21H,12H2. The maximum atomic E-state index is 10.7. The molecule has 6 nitrogen and oxygen atoms in total. The Morgan fingerprint density at radius 3 is 2.44 bits per heavy atom. The number of ether oxygens (including phenoxy) is 1. The van der Waals surface area contributed by atoms with Gasteiger partial charge in [0, 0.05) is 17.8 Å². The van der Waals surface area contributed by atoms with Gasteiger partial charge >= 0.3 is 0 Å². The lowest BCUT2D eigenvalue weighted by Gasteiger charge is -2.10. The summed E-state index contributed by atoms with van der Waals surface area (Å²) in [7, 11) is 0. The van der Waals surface area contributed by atoms with E-state index in [0.29, 0.717) is 12.5 Å². The first kappa shape index (κ1) is 16.9. The number of hydrogen-bond acceptors (Lipinski definition) is 5. The number of aromatic nitrogens is 1. The van der Waals surface area contributed by atoms with Gasteiger partial charge in [0.1, 0.15) is 6.61 Å². The molecule has 0 atom stereocenters. The van der Waals surface area contributed by atoms with Crippen molar-refractivity contribution < 1.29 is 9.66 Å². The lowest BCUT2D eigenvalue weighted by atomic mass is 10.2. The summed E-state index contributed by atoms with van der Waals surface area (Å²) < 4.78 is 6.43. The molecule has 1 heterocycles. The number of pyridine rings is 1. The van der Waals surface area contributed by atoms with Crippen LogP contribution in [-0.4, -0.2) is 9.91 Å². The average Bonchev–Trinajstić information content (AvgIpc) is 2.62. The number of anilines is 2. The fourth-order valence-corrected chi connectivity index (χ4v) is 2.62. The zero-order valence-electron chi connectivity index (χ0n) is 13.1. The number of nitro benzene ring substituents is 1. The Morgan fingerprint density at radius 2 is 1.80 bits per heavy atom. The van der Waals surface area contributed by atoms with Crippen LogP contribution in [0.15, 0.2) is 71.3 Å². The first-order chi connectivity index (χ1) is 12.1. The van der Waals surface area contributed by atoms with Crippen molar-refractivity contribution in [1.29, 1.82) is 0 Å². The zero-order chi connectivity index (χ0) is 17.6. The van der Waals surface area contributed by atoms with Crippen LogP contribution >= 0.6 is 15.9 Å². The van der Waals surface area contributed by atoms with Gasteiger partial charge in [-0.3, -0.25) is 10.1 Å². The van der Waals surface area contributed by atoms with E-state index in [2.05, 4.69) is 26.2 Å². The van der Waals surface area contributed by atoms with Crippen LogP contribution in [0, 0.1) is 10.1 Å². The van der Waals surface area contributed by atoms with Crippen LogP contribution in [0.4, 0.5) is 17.1 Å². The molecule has 1 N–H and O–H groups in total. The van der Waals surface area contributed by atoms with E-state index in [1.165, 1.54) is 12.1 Å². The van der Waals surface area contributed by atoms with Gasteiger partial charge in [-0.2, -0.15) is 0 Å². The van der Waals surface area contributed by atoms with Crippen LogP contribution in [-0.2, 0) is 6.61 Å². The molecule has 0 aliphatic heterocycles. The van der Waals surface area contributed by atoms with E-state index in [1.54, 1.807) is 18.3 Å². The molecule has 126 valence electrons. The molecular formula is C18H14BrN3O3. The predicted octanol–water partition coefficient (Wildman–Crippen LogP) is 5.07. The van der Waals surface area contributed by atoms with Gasteiger partial charge in [-0.1, -0.05) is 30.3 Å². The van der Waals surface area contributed by atoms with Crippen LogP contribution < -0.4 is 10.1 Å². The molecule has 0 unspecified atom stereocenters. The van der Waals surface area contributed by atoms with Crippen molar-refractivity contribution in [1.82, 2.24) is 4.98 Å². The molecule has 0 amide bonds. The molecule has 3 rings (SSSR count). The second kappa shape index (κ2) is 7.76. The van der Waals surface area contributed by atoms with Crippen molar-refractivity contribution in [2.24, 2.45) is 0 Å². The summed E-state index contributed by atoms with van der Waals surface area (Å²) in [5, 5.41) is 13.8. The van der Waals surface area contributed by atoms with Crippen LogP contribution in [0.5, 0.6) is 5.88 Å². The lowest BCUT2D eigenvalue weighted by molar-refractivity contribution is -0.384. The highest BCUT2D eigenvalue weighted by molar-refractivity contribution is 9.10. The van der Waals surface area contributed by atoms with Crippen LogP contribution in [0.25, 0.3) is 0 Å². The SMILES string of the molecule is O=[N+]([O-])c1ccc(Nc2cnc(OCc3ccccc3)c(Br)c2)cc1. The van der Waals surface area contributed by atoms with E-state index in [0.717, 1.165) is 21.4 Å². The number of hydrogen-bond donors (Lipinski definition) is 1. The Kier molecular flexibility index (Phi) is 5.25. The Morgan fingerprint density at radius 1 is 1.08 bits per heavy atom. The summed E-state index contributed by atoms with van der Waals surface area (Å²) in [5.41, 5.74) is 2.59. The third-order valence-corrected chi connectivity index (χ3v) is 3.96. The van der Waals surface area contributed by atoms with Gasteiger partial charge in [0.05, 0.1) is 21.3 Å². The van der Waals surface area contributed by atoms with E-state index < -0.39 is 4.92 Å². The van der Waals surface area contributed by atoms with Gasteiger partial charge in [-0.05, 0) is 39.7 Å². The smallest absolute Gasteiger partial charge is 0.269 e. The molecule has 1 aromatic heterocycles. The fraction of sp³-hybridized carbons (Fsp3) is 0.0556. The van der Waals surface area contributed by atoms with Crippen molar-refractivity contribution in [3.05, 3.63) is 87.0 Å². The molecule has 0 bridgehead atoms. The molecule has 0 spiro atoms. The molecule has 2 aromatic carbocycles. The van der Waals surface area contributed by atoms with Gasteiger partial charge in [-0.15, -0.1) is 0 Å². The monoisotopic (exact) mass is 399 g/mol. The normalized spacial score (nSPS) is 10.3. The summed E-state index contributed by atoms with van der Waals surface area (Å²) in [5.74, 6) is 0.498. The number of benzene rings is 2. The number of nitrogens with zero attached hydrogens (tertiary/aromatic N) is 2. The van der Waals surface area contributed by atoms with Crippen molar-refractivity contribution >= 4 is 33.0 Å². The third kappa shape index (κ3) is 4.54. The van der Waals surface area contributed by atoms with Crippen LogP contribution in [0.3, 0.4) is 0 Å². The Balaban J connectivity index is 1.66. The molecule has 0 radical (unpaired) electrons. The second-order valence-electron chi connectivity index (χ2n) is 5.21. The van der Waals surface area contributed by atoms with E-state index >= 15 is 0 Å². The first-order valence-corrected chi connectivity index (χ1v) is 8.25. The predicted molar refractivity (Wildman–Crippen MR) is 99.1 cm³/mol. The molecule has 0 fully saturated rings. The molecule has 25 heavy (non-hydrogen) atoms. The first-order valence-electron chi connectivity index (χ1n) is 7.45. The molecule has 3 aromatic rings. The number of nitrogens with one attached hydrogen (secondary N) is 1. The van der Waals surface area contributed by atoms with Gasteiger partial charge < -0.3 is 10.1 Å². The van der Waals surface area contributed by atoms with Gasteiger partial charge in [0.2, 0.25) is 5.88 Å². The molecule has 0 aliphatic rings. The molecular weight excluding hydrogens is 386 g/mol. The summed E-state index contributed by atoms with van der Waals surface area (Å²) in [6.07, 6.45) is 1.65. The average molecular weight is 400 g/mol. The highest BCUT2D eigenvalue weighted by Crippen LogP contribution is 2.28. The van der Waals surface area contributed by atoms with Crippen LogP contribution in [0.1, 0.15) is 5.56 Å². The van der Waals surface area contributed by atoms with E-state index in [1.807, 2.05) is 36.4 Å². The van der Waals surface area contributed by atoms with Crippen molar-refractivity contribution in [3.63, 3.8) is 0 Å². The summed E-state index contributed by atoms with van der Waals surface area (Å²) in [4.78, 5) is 14.5. The third-order valence-electron chi connectivity index (χ3n) is 3.39. The molecule has 0 aliphatic carbocycles. The Hall–Kier alpha value is -2.93. The zero-order valence-corrected chi connectivity index (χ0v) is 14.6. The van der Waals surface area contributed by atoms with Gasteiger partial charge in [0.25, 0.3) is 5.69 Å². The maximum absolute atomic E-state index is 10.7. The highest BCUT2D eigenvalue weighted by Gasteiger charge is 2.07. The molecule has 0 saturated heterocycles. The van der Waals surface area contributed by atoms with E-state index in [9.17, 15) is 10.1 Å². The fourth-order valence-electron chi connectivity index (χ4n) is 2.16. The summed E-state index contributed by atoms with van der Waals surface area (Å²) >= 11 is 3.45. The van der Waals surface area contributed by atoms with Gasteiger partial charge in [-0.25, -0.2) is 4.98 Å². The Labute approximate surface area is 152 Å². The summed E-state index contributed by atoms with van der Waals surface area (Å²) in [6, 6.07) is 17.9. The number of nitro groups is 1. The number of rotatable bonds is 6. The topological polar surface area (TPSA) is 77.3 Å². The second-order valence-corrected chi connectivity index (χ2v) is 6.07. The minimum atomic E-state index is -0.430. The Bertz CT molecular complexity index is 870. The van der Waals surface area contributed by atoms with E-state index in [-0.39, 0.29) is 5.69 Å². The van der Waals surface area contributed by atoms with Gasteiger partial charge in [0.15, 0.2) is 0 Å². The minimum absolute atomic E-state index is 0.0505. The molecule has 7 heteroatoms. The highest BCUT2D eigenvalue weighted by atomic mass is 79.9. The van der Waals surface area contributed by atoms with Crippen molar-refractivity contribution in [2.75, 3.05) is 5.32 Å². The summed E-state index contributed by atoms with van der Waals surface area (Å²) in [6.45, 7) is 0.432. The lowest BCUT2D eigenvalue weighted by Crippen LogP contribution is -1.99. The number of non-ortho nitro benzene ring substituents is 1. The molecule has 0 saturated carbocycles. The maximum Gasteiger partial charge on any atom is 0.269 e. The van der Waals surface area contributed by atoms with Crippen LogP contribution in [0.2, 0.25) is 0 Å². The van der Waals surface area contributed by atoms with E-state index in [4.69, 9.17) is 4.74 Å².